The number of nitrogens with zero attached hydrogens (tertiary/aromatic N) is 1. The third-order valence-corrected chi connectivity index (χ3v) is 6.52. The van der Waals surface area contributed by atoms with Crippen molar-refractivity contribution >= 4 is 27.3 Å². The smallest absolute Gasteiger partial charge is 0.244 e. The Bertz CT molecular complexity index is 546. The Morgan fingerprint density at radius 3 is 2.24 bits per heavy atom. The molecule has 0 atom stereocenters. The second-order valence-electron chi connectivity index (χ2n) is 5.48. The summed E-state index contributed by atoms with van der Waals surface area (Å²) in [6, 6.07) is 6.98. The maximum Gasteiger partial charge on any atom is 0.244 e. The number of nitrogens with one attached hydrogen (secondary N) is 1. The van der Waals surface area contributed by atoms with Gasteiger partial charge in [0.15, 0.2) is 0 Å². The Labute approximate surface area is 133 Å². The fourth-order valence-electron chi connectivity index (χ4n) is 2.05. The molecule has 21 heavy (non-hydrogen) atoms. The first-order valence-electron chi connectivity index (χ1n) is 7.14. The number of alkyl halides is 1. The van der Waals surface area contributed by atoms with Crippen molar-refractivity contribution in [3.63, 3.8) is 0 Å². The number of anilines is 1. The molecule has 0 amide bonds. The van der Waals surface area contributed by atoms with Gasteiger partial charge in [-0.05, 0) is 25.0 Å². The quantitative estimate of drug-likeness (QED) is 0.742. The van der Waals surface area contributed by atoms with E-state index in [-0.39, 0.29) is 5.41 Å². The molecule has 0 saturated heterocycles. The van der Waals surface area contributed by atoms with Crippen LogP contribution < -0.4 is 5.32 Å². The van der Waals surface area contributed by atoms with E-state index in [0.29, 0.717) is 23.0 Å². The van der Waals surface area contributed by atoms with Crippen molar-refractivity contribution in [3.8, 4) is 0 Å². The van der Waals surface area contributed by atoms with Crippen LogP contribution in [0.4, 0.5) is 5.69 Å². The van der Waals surface area contributed by atoms with Crippen LogP contribution in [0.5, 0.6) is 0 Å². The average molecular weight is 333 g/mol. The van der Waals surface area contributed by atoms with Crippen molar-refractivity contribution in [1.29, 1.82) is 0 Å². The molecule has 120 valence electrons. The Morgan fingerprint density at radius 2 is 1.76 bits per heavy atom. The summed E-state index contributed by atoms with van der Waals surface area (Å²) in [6.07, 6.45) is 1.89. The van der Waals surface area contributed by atoms with Crippen molar-refractivity contribution in [2.24, 2.45) is 5.41 Å². The van der Waals surface area contributed by atoms with Gasteiger partial charge in [-0.1, -0.05) is 26.0 Å². The first-order chi connectivity index (χ1) is 9.83. The summed E-state index contributed by atoms with van der Waals surface area (Å²) in [5.41, 5.74) is 0.610. The van der Waals surface area contributed by atoms with Gasteiger partial charge in [0.2, 0.25) is 10.0 Å². The number of hydrogen-bond acceptors (Lipinski definition) is 3. The lowest BCUT2D eigenvalue weighted by Gasteiger charge is -2.30. The SMILES string of the molecule is CCC(CC)(CCl)CNc1ccccc1S(=O)(=O)N(C)C. The van der Waals surface area contributed by atoms with Crippen molar-refractivity contribution in [2.45, 2.75) is 31.6 Å². The fraction of sp³-hybridized carbons (Fsp3) is 0.600. The van der Waals surface area contributed by atoms with E-state index in [1.807, 2.05) is 6.07 Å². The third kappa shape index (κ3) is 4.11. The Morgan fingerprint density at radius 1 is 1.19 bits per heavy atom. The van der Waals surface area contributed by atoms with Gasteiger partial charge in [0.05, 0.1) is 5.69 Å². The van der Waals surface area contributed by atoms with E-state index >= 15 is 0 Å². The van der Waals surface area contributed by atoms with Gasteiger partial charge < -0.3 is 5.32 Å². The molecular weight excluding hydrogens is 308 g/mol. The Kier molecular flexibility index (Phi) is 6.50. The summed E-state index contributed by atoms with van der Waals surface area (Å²) in [5, 5.41) is 3.28. The average Bonchev–Trinajstić information content (AvgIpc) is 2.49. The lowest BCUT2D eigenvalue weighted by molar-refractivity contribution is 0.326. The van der Waals surface area contributed by atoms with Gasteiger partial charge in [-0.15, -0.1) is 11.6 Å². The summed E-state index contributed by atoms with van der Waals surface area (Å²) in [6.45, 7) is 4.87. The van der Waals surface area contributed by atoms with Crippen LogP contribution in [0, 0.1) is 5.41 Å². The van der Waals surface area contributed by atoms with Gasteiger partial charge in [-0.25, -0.2) is 12.7 Å². The van der Waals surface area contributed by atoms with Crippen LogP contribution in [-0.4, -0.2) is 39.2 Å². The van der Waals surface area contributed by atoms with Crippen LogP contribution in [0.25, 0.3) is 0 Å². The second kappa shape index (κ2) is 7.47. The van der Waals surface area contributed by atoms with E-state index in [1.165, 1.54) is 18.4 Å². The number of hydrogen-bond donors (Lipinski definition) is 1. The predicted molar refractivity (Wildman–Crippen MR) is 89.5 cm³/mol. The topological polar surface area (TPSA) is 49.4 Å². The number of para-hydroxylation sites is 1. The third-order valence-electron chi connectivity index (χ3n) is 4.08. The van der Waals surface area contributed by atoms with Crippen molar-refractivity contribution in [2.75, 3.05) is 31.8 Å². The van der Waals surface area contributed by atoms with Crippen LogP contribution in [-0.2, 0) is 10.0 Å². The molecule has 0 aromatic heterocycles. The number of rotatable bonds is 8. The van der Waals surface area contributed by atoms with Crippen LogP contribution in [0.15, 0.2) is 29.2 Å². The summed E-state index contributed by atoms with van der Waals surface area (Å²) >= 11 is 6.10. The zero-order valence-corrected chi connectivity index (χ0v) is 14.8. The lowest BCUT2D eigenvalue weighted by atomic mass is 9.84. The first kappa shape index (κ1) is 18.3. The van der Waals surface area contributed by atoms with Gasteiger partial charge in [0, 0.05) is 31.9 Å². The van der Waals surface area contributed by atoms with Crippen LogP contribution in [0.3, 0.4) is 0 Å². The van der Waals surface area contributed by atoms with Crippen molar-refractivity contribution in [3.05, 3.63) is 24.3 Å². The Hall–Kier alpha value is -0.780. The van der Waals surface area contributed by atoms with E-state index in [2.05, 4.69) is 19.2 Å². The molecule has 0 radical (unpaired) electrons. The van der Waals surface area contributed by atoms with Crippen LogP contribution in [0.2, 0.25) is 0 Å². The maximum absolute atomic E-state index is 12.3. The van der Waals surface area contributed by atoms with Gasteiger partial charge in [-0.3, -0.25) is 0 Å². The maximum atomic E-state index is 12.3. The molecule has 1 aromatic rings. The van der Waals surface area contributed by atoms with Crippen LogP contribution in [0.1, 0.15) is 26.7 Å². The van der Waals surface area contributed by atoms with Gasteiger partial charge in [0.1, 0.15) is 4.90 Å². The molecule has 0 aliphatic rings. The van der Waals surface area contributed by atoms with E-state index in [1.54, 1.807) is 18.2 Å². The molecule has 4 nitrogen and oxygen atoms in total. The number of sulfonamides is 1. The highest BCUT2D eigenvalue weighted by atomic mass is 35.5. The molecule has 1 N–H and O–H groups in total. The highest BCUT2D eigenvalue weighted by Gasteiger charge is 2.26. The van der Waals surface area contributed by atoms with Gasteiger partial charge in [0.25, 0.3) is 0 Å². The zero-order valence-electron chi connectivity index (χ0n) is 13.2. The molecule has 0 fully saturated rings. The molecule has 6 heteroatoms. The molecule has 0 heterocycles. The molecule has 0 saturated carbocycles. The molecule has 0 unspecified atom stereocenters. The van der Waals surface area contributed by atoms with E-state index in [0.717, 1.165) is 12.8 Å². The van der Waals surface area contributed by atoms with E-state index in [4.69, 9.17) is 11.6 Å². The minimum absolute atomic E-state index is 0.0173. The van der Waals surface area contributed by atoms with E-state index < -0.39 is 10.0 Å². The number of benzene rings is 1. The largest absolute Gasteiger partial charge is 0.383 e. The molecule has 0 aliphatic carbocycles. The highest BCUT2D eigenvalue weighted by Crippen LogP contribution is 2.30. The zero-order chi connectivity index (χ0) is 16.1. The van der Waals surface area contributed by atoms with Crippen molar-refractivity contribution < 1.29 is 8.42 Å². The Balaban J connectivity index is 3.06. The molecule has 1 rings (SSSR count). The van der Waals surface area contributed by atoms with Gasteiger partial charge in [-0.2, -0.15) is 0 Å². The second-order valence-corrected chi connectivity index (χ2v) is 7.87. The number of halogens is 1. The summed E-state index contributed by atoms with van der Waals surface area (Å²) < 4.78 is 25.9. The molecule has 0 spiro atoms. The summed E-state index contributed by atoms with van der Waals surface area (Å²) in [7, 11) is -0.388. The van der Waals surface area contributed by atoms with E-state index in [9.17, 15) is 8.42 Å². The van der Waals surface area contributed by atoms with Gasteiger partial charge >= 0.3 is 0 Å². The standard InChI is InChI=1S/C15H25ClN2O2S/c1-5-15(6-2,11-16)12-17-13-9-7-8-10-14(13)21(19,20)18(3)4/h7-10,17H,5-6,11-12H2,1-4H3. The minimum atomic E-state index is -3.46. The summed E-state index contributed by atoms with van der Waals surface area (Å²) in [5.74, 6) is 0.551. The monoisotopic (exact) mass is 332 g/mol. The first-order valence-corrected chi connectivity index (χ1v) is 9.12. The van der Waals surface area contributed by atoms with Crippen molar-refractivity contribution in [1.82, 2.24) is 4.31 Å². The van der Waals surface area contributed by atoms with Crippen LogP contribution >= 0.6 is 11.6 Å². The molecule has 0 aliphatic heterocycles. The molecule has 1 aromatic carbocycles. The lowest BCUT2D eigenvalue weighted by Crippen LogP contribution is -2.31. The fourth-order valence-corrected chi connectivity index (χ4v) is 3.59. The summed E-state index contributed by atoms with van der Waals surface area (Å²) in [4.78, 5) is 0.297. The highest BCUT2D eigenvalue weighted by molar-refractivity contribution is 7.89. The minimum Gasteiger partial charge on any atom is -0.383 e. The molecular formula is C15H25ClN2O2S. The predicted octanol–water partition coefficient (Wildman–Crippen LogP) is 3.39. The normalized spacial score (nSPS) is 12.7. The molecule has 0 bridgehead atoms.